The number of benzene rings is 1. The Morgan fingerprint density at radius 1 is 1.19 bits per heavy atom. The molecule has 0 spiro atoms. The number of aromatic nitrogens is 1. The summed E-state index contributed by atoms with van der Waals surface area (Å²) >= 11 is 11.7. The van der Waals surface area contributed by atoms with Crippen LogP contribution in [0.4, 0.5) is 19.0 Å². The van der Waals surface area contributed by atoms with Crippen molar-refractivity contribution in [1.29, 1.82) is 0 Å². The molecule has 1 aromatic carbocycles. The van der Waals surface area contributed by atoms with Gasteiger partial charge in [0.25, 0.3) is 5.91 Å². The summed E-state index contributed by atoms with van der Waals surface area (Å²) in [5.74, 6) is 0.167. The highest BCUT2D eigenvalue weighted by atomic mass is 35.5. The Morgan fingerprint density at radius 2 is 1.96 bits per heavy atom. The summed E-state index contributed by atoms with van der Waals surface area (Å²) in [5.41, 5.74) is -0.393. The first-order chi connectivity index (χ1) is 12.2. The number of nitrogens with zero attached hydrogens (tertiary/aromatic N) is 2. The largest absolute Gasteiger partial charge is 0.417 e. The third-order valence-corrected chi connectivity index (χ3v) is 4.84. The molecule has 1 amide bonds. The van der Waals surface area contributed by atoms with E-state index in [0.29, 0.717) is 40.9 Å². The first-order valence-corrected chi connectivity index (χ1v) is 8.54. The average molecular weight is 404 g/mol. The van der Waals surface area contributed by atoms with E-state index in [0.717, 1.165) is 12.3 Å². The average Bonchev–Trinajstić information content (AvgIpc) is 3.05. The number of halogens is 5. The lowest BCUT2D eigenvalue weighted by Gasteiger charge is -2.18. The van der Waals surface area contributed by atoms with Crippen LogP contribution in [0, 0.1) is 0 Å². The Kier molecular flexibility index (Phi) is 5.29. The second-order valence-electron chi connectivity index (χ2n) is 5.94. The molecule has 0 unspecified atom stereocenters. The number of rotatable bonds is 3. The van der Waals surface area contributed by atoms with Crippen LogP contribution in [0.2, 0.25) is 10.0 Å². The third-order valence-electron chi connectivity index (χ3n) is 4.10. The van der Waals surface area contributed by atoms with Crippen molar-refractivity contribution >= 4 is 34.9 Å². The molecule has 1 aromatic heterocycles. The van der Waals surface area contributed by atoms with Crippen molar-refractivity contribution in [3.63, 3.8) is 0 Å². The number of carbonyl (C=O) groups excluding carboxylic acids is 1. The monoisotopic (exact) mass is 403 g/mol. The van der Waals surface area contributed by atoms with Gasteiger partial charge in [-0.15, -0.1) is 0 Å². The second kappa shape index (κ2) is 7.32. The summed E-state index contributed by atoms with van der Waals surface area (Å²) in [5, 5.41) is 3.54. The summed E-state index contributed by atoms with van der Waals surface area (Å²) in [6.45, 7) is 1.05. The summed E-state index contributed by atoms with van der Waals surface area (Å²) in [6, 6.07) is 6.82. The van der Waals surface area contributed by atoms with Crippen molar-refractivity contribution in [1.82, 2.24) is 10.3 Å². The van der Waals surface area contributed by atoms with E-state index in [1.165, 1.54) is 12.1 Å². The molecule has 0 radical (unpaired) electrons. The van der Waals surface area contributed by atoms with Gasteiger partial charge in [-0.2, -0.15) is 13.2 Å². The predicted octanol–water partition coefficient (Wildman–Crippen LogP) is 4.42. The van der Waals surface area contributed by atoms with E-state index in [9.17, 15) is 18.0 Å². The van der Waals surface area contributed by atoms with Crippen molar-refractivity contribution in [2.24, 2.45) is 0 Å². The summed E-state index contributed by atoms with van der Waals surface area (Å²) in [7, 11) is 0. The maximum atomic E-state index is 12.6. The van der Waals surface area contributed by atoms with Gasteiger partial charge >= 0.3 is 6.18 Å². The molecule has 0 aliphatic carbocycles. The van der Waals surface area contributed by atoms with Crippen molar-refractivity contribution in [3.05, 3.63) is 57.7 Å². The Hall–Kier alpha value is -1.99. The second-order valence-corrected chi connectivity index (χ2v) is 6.75. The van der Waals surface area contributed by atoms with Gasteiger partial charge in [0.05, 0.1) is 15.6 Å². The van der Waals surface area contributed by atoms with E-state index in [1.807, 2.05) is 4.90 Å². The van der Waals surface area contributed by atoms with E-state index in [2.05, 4.69) is 10.3 Å². The number of amides is 1. The van der Waals surface area contributed by atoms with E-state index in [1.54, 1.807) is 12.1 Å². The van der Waals surface area contributed by atoms with Crippen LogP contribution in [0.3, 0.4) is 0 Å². The molecule has 1 aliphatic rings. The molecule has 1 atom stereocenters. The van der Waals surface area contributed by atoms with Gasteiger partial charge in [0.1, 0.15) is 5.82 Å². The Labute approximate surface area is 157 Å². The van der Waals surface area contributed by atoms with E-state index in [4.69, 9.17) is 23.2 Å². The van der Waals surface area contributed by atoms with Crippen LogP contribution >= 0.6 is 23.2 Å². The molecular formula is C17H14Cl2F3N3O. The molecule has 1 aliphatic heterocycles. The summed E-state index contributed by atoms with van der Waals surface area (Å²) in [4.78, 5) is 18.0. The maximum absolute atomic E-state index is 12.6. The predicted molar refractivity (Wildman–Crippen MR) is 93.8 cm³/mol. The van der Waals surface area contributed by atoms with Crippen LogP contribution < -0.4 is 10.2 Å². The number of anilines is 1. The van der Waals surface area contributed by atoms with Crippen LogP contribution in [0.5, 0.6) is 0 Å². The number of carbonyl (C=O) groups is 1. The fourth-order valence-corrected chi connectivity index (χ4v) is 3.03. The summed E-state index contributed by atoms with van der Waals surface area (Å²) < 4.78 is 37.8. The molecule has 1 fully saturated rings. The van der Waals surface area contributed by atoms with Gasteiger partial charge in [-0.3, -0.25) is 4.79 Å². The van der Waals surface area contributed by atoms with Crippen LogP contribution in [0.1, 0.15) is 22.3 Å². The topological polar surface area (TPSA) is 45.2 Å². The Bertz CT molecular complexity index is 812. The lowest BCUT2D eigenvalue weighted by Crippen LogP contribution is -2.37. The van der Waals surface area contributed by atoms with Gasteiger partial charge in [-0.1, -0.05) is 23.2 Å². The van der Waals surface area contributed by atoms with Crippen LogP contribution in [-0.4, -0.2) is 30.0 Å². The van der Waals surface area contributed by atoms with Crippen molar-refractivity contribution in [3.8, 4) is 0 Å². The van der Waals surface area contributed by atoms with Gasteiger partial charge < -0.3 is 10.2 Å². The minimum atomic E-state index is -4.41. The SMILES string of the molecule is O=C(N[C@@H]1CCN(c2ccc(C(F)(F)F)cn2)C1)c1ccc(Cl)c(Cl)c1. The third kappa shape index (κ3) is 4.22. The zero-order chi connectivity index (χ0) is 18.9. The quantitative estimate of drug-likeness (QED) is 0.824. The maximum Gasteiger partial charge on any atom is 0.417 e. The van der Waals surface area contributed by atoms with Gasteiger partial charge in [0, 0.05) is 30.9 Å². The van der Waals surface area contributed by atoms with Gasteiger partial charge in [-0.05, 0) is 36.8 Å². The normalized spacial score (nSPS) is 17.4. The molecular weight excluding hydrogens is 390 g/mol. The van der Waals surface area contributed by atoms with E-state index in [-0.39, 0.29) is 11.9 Å². The molecule has 9 heteroatoms. The molecule has 138 valence electrons. The molecule has 4 nitrogen and oxygen atoms in total. The molecule has 2 heterocycles. The highest BCUT2D eigenvalue weighted by Crippen LogP contribution is 2.30. The van der Waals surface area contributed by atoms with Gasteiger partial charge in [-0.25, -0.2) is 4.98 Å². The molecule has 3 rings (SSSR count). The fraction of sp³-hybridized carbons (Fsp3) is 0.294. The van der Waals surface area contributed by atoms with Crippen LogP contribution in [0.15, 0.2) is 36.5 Å². The van der Waals surface area contributed by atoms with Gasteiger partial charge in [0.15, 0.2) is 0 Å². The number of hydrogen-bond donors (Lipinski definition) is 1. The highest BCUT2D eigenvalue weighted by molar-refractivity contribution is 6.42. The minimum absolute atomic E-state index is 0.138. The zero-order valence-electron chi connectivity index (χ0n) is 13.4. The highest BCUT2D eigenvalue weighted by Gasteiger charge is 2.31. The van der Waals surface area contributed by atoms with Crippen LogP contribution in [0.25, 0.3) is 0 Å². The first kappa shape index (κ1) is 18.8. The molecule has 0 bridgehead atoms. The summed E-state index contributed by atoms with van der Waals surface area (Å²) in [6.07, 6.45) is -2.93. The number of hydrogen-bond acceptors (Lipinski definition) is 3. The smallest absolute Gasteiger partial charge is 0.354 e. The van der Waals surface area contributed by atoms with Gasteiger partial charge in [0.2, 0.25) is 0 Å². The first-order valence-electron chi connectivity index (χ1n) is 7.78. The van der Waals surface area contributed by atoms with Crippen molar-refractivity contribution in [2.75, 3.05) is 18.0 Å². The number of alkyl halides is 3. The molecule has 26 heavy (non-hydrogen) atoms. The van der Waals surface area contributed by atoms with Crippen molar-refractivity contribution < 1.29 is 18.0 Å². The molecule has 1 N–H and O–H groups in total. The number of nitrogens with one attached hydrogen (secondary N) is 1. The lowest BCUT2D eigenvalue weighted by molar-refractivity contribution is -0.137. The number of pyridine rings is 1. The standard InChI is InChI=1S/C17H14Cl2F3N3O/c18-13-3-1-10(7-14(13)19)16(26)24-12-5-6-25(9-12)15-4-2-11(8-23-15)17(20,21)22/h1-4,7-8,12H,5-6,9H2,(H,24,26)/t12-/m1/s1. The minimum Gasteiger partial charge on any atom is -0.354 e. The zero-order valence-corrected chi connectivity index (χ0v) is 14.9. The Balaban J connectivity index is 1.61. The van der Waals surface area contributed by atoms with E-state index >= 15 is 0 Å². The fourth-order valence-electron chi connectivity index (χ4n) is 2.73. The molecule has 0 saturated carbocycles. The molecule has 1 saturated heterocycles. The van der Waals surface area contributed by atoms with Crippen LogP contribution in [-0.2, 0) is 6.18 Å². The van der Waals surface area contributed by atoms with Crippen molar-refractivity contribution in [2.45, 2.75) is 18.6 Å². The Morgan fingerprint density at radius 3 is 2.58 bits per heavy atom. The van der Waals surface area contributed by atoms with E-state index < -0.39 is 11.7 Å². The molecule has 2 aromatic rings. The lowest BCUT2D eigenvalue weighted by atomic mass is 10.2.